The van der Waals surface area contributed by atoms with Crippen LogP contribution in [0.5, 0.6) is 5.75 Å². The third-order valence-electron chi connectivity index (χ3n) is 2.56. The van der Waals surface area contributed by atoms with Crippen LogP contribution in [0, 0.1) is 0 Å². The second kappa shape index (κ2) is 7.58. The van der Waals surface area contributed by atoms with Crippen LogP contribution < -0.4 is 10.1 Å². The number of amides is 1. The molecule has 0 aromatic heterocycles. The van der Waals surface area contributed by atoms with Gasteiger partial charge in [0.25, 0.3) is 0 Å². The molecule has 1 N–H and O–H groups in total. The molecule has 0 unspecified atom stereocenters. The van der Waals surface area contributed by atoms with Crippen molar-refractivity contribution in [1.29, 1.82) is 0 Å². The summed E-state index contributed by atoms with van der Waals surface area (Å²) in [6.45, 7) is 3.20. The predicted octanol–water partition coefficient (Wildman–Crippen LogP) is 2.37. The zero-order valence-corrected chi connectivity index (χ0v) is 11.4. The topological polar surface area (TPSA) is 41.6 Å². The number of nitrogens with zero attached hydrogens (tertiary/aromatic N) is 1. The molecule has 1 rings (SSSR count). The number of ether oxygens (including phenoxy) is 1. The zero-order chi connectivity index (χ0) is 13.4. The molecule has 1 aromatic carbocycles. The lowest BCUT2D eigenvalue weighted by Gasteiger charge is -2.12. The monoisotopic (exact) mass is 250 g/mol. The summed E-state index contributed by atoms with van der Waals surface area (Å²) < 4.78 is 5.56. The third-order valence-corrected chi connectivity index (χ3v) is 2.56. The van der Waals surface area contributed by atoms with Crippen molar-refractivity contribution in [3.63, 3.8) is 0 Å². The highest BCUT2D eigenvalue weighted by atomic mass is 16.5. The number of hydrogen-bond acceptors (Lipinski definition) is 3. The first-order valence-corrected chi connectivity index (χ1v) is 6.30. The normalized spacial score (nSPS) is 9.94. The molecule has 0 fully saturated rings. The Kier molecular flexibility index (Phi) is 6.05. The molecule has 0 saturated heterocycles. The van der Waals surface area contributed by atoms with Gasteiger partial charge < -0.3 is 15.0 Å². The maximum absolute atomic E-state index is 11.4. The molecule has 0 radical (unpaired) electrons. The number of hydrogen-bond donors (Lipinski definition) is 1. The van der Waals surface area contributed by atoms with Gasteiger partial charge in [0.1, 0.15) is 5.75 Å². The lowest BCUT2D eigenvalue weighted by molar-refractivity contribution is -0.126. The molecule has 4 heteroatoms. The van der Waals surface area contributed by atoms with Crippen molar-refractivity contribution in [2.75, 3.05) is 32.6 Å². The van der Waals surface area contributed by atoms with Gasteiger partial charge in [-0.05, 0) is 30.7 Å². The second-order valence-electron chi connectivity index (χ2n) is 4.37. The predicted molar refractivity (Wildman–Crippen MR) is 74.0 cm³/mol. The summed E-state index contributed by atoms with van der Waals surface area (Å²) in [4.78, 5) is 13.0. The minimum Gasteiger partial charge on any atom is -0.494 e. The summed E-state index contributed by atoms with van der Waals surface area (Å²) in [5.41, 5.74) is 0.924. The SMILES string of the molecule is CCCCOc1ccc(NCC(=O)N(C)C)cc1. The van der Waals surface area contributed by atoms with Gasteiger partial charge in [-0.3, -0.25) is 4.79 Å². The van der Waals surface area contributed by atoms with Crippen molar-refractivity contribution < 1.29 is 9.53 Å². The van der Waals surface area contributed by atoms with E-state index in [9.17, 15) is 4.79 Å². The van der Waals surface area contributed by atoms with E-state index in [2.05, 4.69) is 12.2 Å². The van der Waals surface area contributed by atoms with Crippen molar-refractivity contribution in [2.45, 2.75) is 19.8 Å². The minimum atomic E-state index is 0.0540. The molecule has 1 aromatic rings. The van der Waals surface area contributed by atoms with Gasteiger partial charge in [0.15, 0.2) is 0 Å². The van der Waals surface area contributed by atoms with Gasteiger partial charge in [0.05, 0.1) is 13.2 Å². The van der Waals surface area contributed by atoms with Crippen LogP contribution in [0.3, 0.4) is 0 Å². The van der Waals surface area contributed by atoms with Crippen molar-refractivity contribution in [2.24, 2.45) is 0 Å². The maximum atomic E-state index is 11.4. The molecule has 4 nitrogen and oxygen atoms in total. The lowest BCUT2D eigenvalue weighted by Crippen LogP contribution is -2.28. The molecular weight excluding hydrogens is 228 g/mol. The van der Waals surface area contributed by atoms with Crippen molar-refractivity contribution in [1.82, 2.24) is 4.90 Å². The number of unbranched alkanes of at least 4 members (excludes halogenated alkanes) is 1. The van der Waals surface area contributed by atoms with Crippen LogP contribution in [0.25, 0.3) is 0 Å². The second-order valence-corrected chi connectivity index (χ2v) is 4.37. The molecule has 1 amide bonds. The molecule has 0 bridgehead atoms. The van der Waals surface area contributed by atoms with Crippen molar-refractivity contribution >= 4 is 11.6 Å². The first-order chi connectivity index (χ1) is 8.63. The zero-order valence-electron chi connectivity index (χ0n) is 11.4. The highest BCUT2D eigenvalue weighted by Crippen LogP contribution is 2.15. The Morgan fingerprint density at radius 1 is 1.28 bits per heavy atom. The van der Waals surface area contributed by atoms with E-state index in [-0.39, 0.29) is 5.91 Å². The van der Waals surface area contributed by atoms with Crippen LogP contribution in [-0.2, 0) is 4.79 Å². The molecule has 0 heterocycles. The molecule has 100 valence electrons. The molecule has 0 saturated carbocycles. The molecule has 0 spiro atoms. The smallest absolute Gasteiger partial charge is 0.241 e. The summed E-state index contributed by atoms with van der Waals surface area (Å²) in [7, 11) is 3.49. The Labute approximate surface area is 109 Å². The maximum Gasteiger partial charge on any atom is 0.241 e. The summed E-state index contributed by atoms with van der Waals surface area (Å²) in [6, 6.07) is 7.67. The quantitative estimate of drug-likeness (QED) is 0.755. The lowest BCUT2D eigenvalue weighted by atomic mass is 10.3. The van der Waals surface area contributed by atoms with Gasteiger partial charge in [-0.25, -0.2) is 0 Å². The summed E-state index contributed by atoms with van der Waals surface area (Å²) in [5, 5.41) is 3.07. The van der Waals surface area contributed by atoms with E-state index in [0.717, 1.165) is 30.9 Å². The number of carbonyl (C=O) groups excluding carboxylic acids is 1. The number of carbonyl (C=O) groups is 1. The Bertz CT molecular complexity index is 361. The first kappa shape index (κ1) is 14.4. The average molecular weight is 250 g/mol. The Morgan fingerprint density at radius 2 is 1.94 bits per heavy atom. The van der Waals surface area contributed by atoms with Crippen molar-refractivity contribution in [3.8, 4) is 5.75 Å². The van der Waals surface area contributed by atoms with Crippen LogP contribution in [0.1, 0.15) is 19.8 Å². The molecule has 0 aliphatic heterocycles. The Hall–Kier alpha value is -1.71. The van der Waals surface area contributed by atoms with Gasteiger partial charge in [0, 0.05) is 19.8 Å². The molecule has 18 heavy (non-hydrogen) atoms. The van der Waals surface area contributed by atoms with Crippen LogP contribution in [0.4, 0.5) is 5.69 Å². The van der Waals surface area contributed by atoms with Gasteiger partial charge in [-0.2, -0.15) is 0 Å². The van der Waals surface area contributed by atoms with E-state index in [1.54, 1.807) is 19.0 Å². The molecule has 0 aliphatic rings. The number of likely N-dealkylation sites (N-methyl/N-ethyl adjacent to an activating group) is 1. The Balaban J connectivity index is 2.38. The van der Waals surface area contributed by atoms with E-state index in [0.29, 0.717) is 6.54 Å². The molecule has 0 aliphatic carbocycles. The first-order valence-electron chi connectivity index (χ1n) is 6.30. The summed E-state index contributed by atoms with van der Waals surface area (Å²) in [5.74, 6) is 0.922. The molecular formula is C14H22N2O2. The van der Waals surface area contributed by atoms with Crippen LogP contribution in [0.15, 0.2) is 24.3 Å². The van der Waals surface area contributed by atoms with E-state index < -0.39 is 0 Å². The Morgan fingerprint density at radius 3 is 2.50 bits per heavy atom. The largest absolute Gasteiger partial charge is 0.494 e. The fourth-order valence-electron chi connectivity index (χ4n) is 1.34. The van der Waals surface area contributed by atoms with Gasteiger partial charge in [0.2, 0.25) is 5.91 Å². The van der Waals surface area contributed by atoms with Crippen molar-refractivity contribution in [3.05, 3.63) is 24.3 Å². The van der Waals surface area contributed by atoms with Crippen LogP contribution in [-0.4, -0.2) is 38.1 Å². The van der Waals surface area contributed by atoms with Gasteiger partial charge in [-0.15, -0.1) is 0 Å². The molecule has 0 atom stereocenters. The van der Waals surface area contributed by atoms with E-state index >= 15 is 0 Å². The fourth-order valence-corrected chi connectivity index (χ4v) is 1.34. The van der Waals surface area contributed by atoms with Crippen LogP contribution >= 0.6 is 0 Å². The van der Waals surface area contributed by atoms with E-state index in [4.69, 9.17) is 4.74 Å². The summed E-state index contributed by atoms with van der Waals surface area (Å²) in [6.07, 6.45) is 2.20. The minimum absolute atomic E-state index is 0.0540. The van der Waals surface area contributed by atoms with Crippen LogP contribution in [0.2, 0.25) is 0 Å². The fraction of sp³-hybridized carbons (Fsp3) is 0.500. The van der Waals surface area contributed by atoms with Gasteiger partial charge >= 0.3 is 0 Å². The highest BCUT2D eigenvalue weighted by molar-refractivity contribution is 5.80. The number of rotatable bonds is 7. The average Bonchev–Trinajstić information content (AvgIpc) is 2.37. The van der Waals surface area contributed by atoms with E-state index in [1.807, 2.05) is 24.3 Å². The number of nitrogens with one attached hydrogen (secondary N) is 1. The standard InChI is InChI=1S/C14H22N2O2/c1-4-5-10-18-13-8-6-12(7-9-13)15-11-14(17)16(2)3/h6-9,15H,4-5,10-11H2,1-3H3. The number of benzene rings is 1. The highest BCUT2D eigenvalue weighted by Gasteiger charge is 2.03. The number of anilines is 1. The van der Waals surface area contributed by atoms with Gasteiger partial charge in [-0.1, -0.05) is 13.3 Å². The third kappa shape index (κ3) is 5.08. The summed E-state index contributed by atoms with van der Waals surface area (Å²) >= 11 is 0. The van der Waals surface area contributed by atoms with E-state index in [1.165, 1.54) is 0 Å².